The summed E-state index contributed by atoms with van der Waals surface area (Å²) in [5.74, 6) is -0.128. The molecule has 30 heavy (non-hydrogen) atoms. The maximum atomic E-state index is 13.1. The minimum atomic E-state index is -0.394. The fourth-order valence-corrected chi connectivity index (χ4v) is 5.34. The van der Waals surface area contributed by atoms with Gasteiger partial charge in [0.1, 0.15) is 10.5 Å². The van der Waals surface area contributed by atoms with Crippen molar-refractivity contribution in [3.8, 4) is 0 Å². The number of thiophene rings is 1. The predicted octanol–water partition coefficient (Wildman–Crippen LogP) is 3.08. The lowest BCUT2D eigenvalue weighted by Gasteiger charge is -2.26. The Bertz CT molecular complexity index is 1430. The number of carbonyl (C=O) groups excluding carboxylic acids is 1. The first kappa shape index (κ1) is 18.7. The molecule has 0 aliphatic carbocycles. The van der Waals surface area contributed by atoms with Gasteiger partial charge in [-0.05, 0) is 37.3 Å². The molecule has 3 aromatic heterocycles. The minimum Gasteiger partial charge on any atom is -0.332 e. The SMILES string of the molecule is CC(C)n1c(=O)[nH]c2sc3c(c2c1=O)CCN(C(=O)c1cc2ccccc2cn1)C3. The Hall–Kier alpha value is -3.26. The van der Waals surface area contributed by atoms with E-state index in [0.717, 1.165) is 21.2 Å². The lowest BCUT2D eigenvalue weighted by atomic mass is 10.0. The molecule has 1 aliphatic heterocycles. The van der Waals surface area contributed by atoms with E-state index in [1.165, 1.54) is 15.9 Å². The van der Waals surface area contributed by atoms with Crippen molar-refractivity contribution in [3.63, 3.8) is 0 Å². The van der Waals surface area contributed by atoms with E-state index in [1.807, 2.05) is 44.2 Å². The van der Waals surface area contributed by atoms with Crippen LogP contribution in [0.3, 0.4) is 0 Å². The van der Waals surface area contributed by atoms with Crippen LogP contribution in [0.15, 0.2) is 46.1 Å². The number of nitrogens with one attached hydrogen (secondary N) is 1. The normalized spacial score (nSPS) is 13.9. The first-order valence-corrected chi connectivity index (χ1v) is 10.7. The second-order valence-electron chi connectivity index (χ2n) is 7.80. The summed E-state index contributed by atoms with van der Waals surface area (Å²) in [5, 5.41) is 2.55. The van der Waals surface area contributed by atoms with E-state index in [9.17, 15) is 14.4 Å². The van der Waals surface area contributed by atoms with E-state index in [-0.39, 0.29) is 17.5 Å². The highest BCUT2D eigenvalue weighted by Gasteiger charge is 2.28. The van der Waals surface area contributed by atoms with E-state index in [0.29, 0.717) is 35.4 Å². The second kappa shape index (κ2) is 6.91. The van der Waals surface area contributed by atoms with Crippen molar-refractivity contribution in [3.05, 3.63) is 73.5 Å². The summed E-state index contributed by atoms with van der Waals surface area (Å²) in [6.07, 6.45) is 2.30. The van der Waals surface area contributed by atoms with Crippen molar-refractivity contribution in [2.75, 3.05) is 6.54 Å². The lowest BCUT2D eigenvalue weighted by molar-refractivity contribution is 0.0731. The second-order valence-corrected chi connectivity index (χ2v) is 8.91. The number of carbonyl (C=O) groups is 1. The molecule has 0 saturated heterocycles. The van der Waals surface area contributed by atoms with Crippen LogP contribution in [0.5, 0.6) is 0 Å². The maximum absolute atomic E-state index is 13.1. The number of hydrogen-bond acceptors (Lipinski definition) is 5. The molecule has 0 saturated carbocycles. The topological polar surface area (TPSA) is 88.1 Å². The van der Waals surface area contributed by atoms with Crippen molar-refractivity contribution >= 4 is 38.2 Å². The van der Waals surface area contributed by atoms with Gasteiger partial charge in [-0.2, -0.15) is 0 Å². The summed E-state index contributed by atoms with van der Waals surface area (Å²) in [4.78, 5) is 48.8. The highest BCUT2D eigenvalue weighted by Crippen LogP contribution is 2.32. The number of benzene rings is 1. The monoisotopic (exact) mass is 420 g/mol. The van der Waals surface area contributed by atoms with Crippen molar-refractivity contribution in [1.29, 1.82) is 0 Å². The number of aromatic nitrogens is 3. The van der Waals surface area contributed by atoms with Gasteiger partial charge in [0, 0.05) is 29.0 Å². The summed E-state index contributed by atoms with van der Waals surface area (Å²) in [5.41, 5.74) is 0.710. The number of fused-ring (bicyclic) bond motifs is 4. The summed E-state index contributed by atoms with van der Waals surface area (Å²) in [7, 11) is 0. The molecule has 0 fully saturated rings. The van der Waals surface area contributed by atoms with Gasteiger partial charge in [0.2, 0.25) is 0 Å². The number of pyridine rings is 1. The van der Waals surface area contributed by atoms with Crippen LogP contribution in [0.2, 0.25) is 0 Å². The smallest absolute Gasteiger partial charge is 0.329 e. The zero-order valence-corrected chi connectivity index (χ0v) is 17.5. The summed E-state index contributed by atoms with van der Waals surface area (Å²) < 4.78 is 1.26. The third-order valence-corrected chi connectivity index (χ3v) is 6.71. The molecule has 1 aromatic carbocycles. The van der Waals surface area contributed by atoms with Gasteiger partial charge in [-0.1, -0.05) is 24.3 Å². The van der Waals surface area contributed by atoms with Gasteiger partial charge >= 0.3 is 5.69 Å². The summed E-state index contributed by atoms with van der Waals surface area (Å²) in [6, 6.07) is 9.40. The molecular formula is C22H20N4O3S. The largest absolute Gasteiger partial charge is 0.332 e. The molecule has 152 valence electrons. The number of H-pyrrole nitrogens is 1. The Labute approximate surface area is 175 Å². The van der Waals surface area contributed by atoms with Gasteiger partial charge in [0.05, 0.1) is 11.9 Å². The van der Waals surface area contributed by atoms with Crippen LogP contribution < -0.4 is 11.2 Å². The van der Waals surface area contributed by atoms with Gasteiger partial charge in [0.15, 0.2) is 0 Å². The van der Waals surface area contributed by atoms with E-state index < -0.39 is 5.69 Å². The Morgan fingerprint density at radius 2 is 1.97 bits per heavy atom. The standard InChI is InChI=1S/C22H20N4O3S/c1-12(2)26-21(28)18-15-7-8-25(11-17(15)30-19(18)24-22(26)29)20(27)16-9-13-5-3-4-6-14(13)10-23-16/h3-6,9-10,12H,7-8,11H2,1-2H3,(H,24,29). The first-order chi connectivity index (χ1) is 14.4. The van der Waals surface area contributed by atoms with Crippen LogP contribution in [-0.2, 0) is 13.0 Å². The number of amides is 1. The highest BCUT2D eigenvalue weighted by atomic mass is 32.1. The Balaban J connectivity index is 1.52. The van der Waals surface area contributed by atoms with E-state index >= 15 is 0 Å². The number of hydrogen-bond donors (Lipinski definition) is 1. The number of rotatable bonds is 2. The van der Waals surface area contributed by atoms with Crippen LogP contribution in [0.4, 0.5) is 0 Å². The van der Waals surface area contributed by atoms with Crippen LogP contribution >= 0.6 is 11.3 Å². The number of aromatic amines is 1. The average molecular weight is 420 g/mol. The maximum Gasteiger partial charge on any atom is 0.329 e. The first-order valence-electron chi connectivity index (χ1n) is 9.87. The third kappa shape index (κ3) is 2.87. The molecule has 0 spiro atoms. The molecule has 0 unspecified atom stereocenters. The molecule has 0 radical (unpaired) electrons. The van der Waals surface area contributed by atoms with Gasteiger partial charge < -0.3 is 4.90 Å². The van der Waals surface area contributed by atoms with E-state index in [2.05, 4.69) is 9.97 Å². The summed E-state index contributed by atoms with van der Waals surface area (Å²) >= 11 is 1.38. The molecule has 1 aliphatic rings. The van der Waals surface area contributed by atoms with E-state index in [4.69, 9.17) is 0 Å². The molecule has 8 heteroatoms. The fraction of sp³-hybridized carbons (Fsp3) is 0.273. The Kier molecular flexibility index (Phi) is 4.32. The van der Waals surface area contributed by atoms with Crippen molar-refractivity contribution in [1.82, 2.24) is 19.4 Å². The van der Waals surface area contributed by atoms with Crippen molar-refractivity contribution in [2.24, 2.45) is 0 Å². The Morgan fingerprint density at radius 1 is 1.20 bits per heavy atom. The van der Waals surface area contributed by atoms with Gasteiger partial charge in [-0.3, -0.25) is 24.1 Å². The van der Waals surface area contributed by atoms with Gasteiger partial charge in [-0.15, -0.1) is 11.3 Å². The summed E-state index contributed by atoms with van der Waals surface area (Å²) in [6.45, 7) is 4.55. The van der Waals surface area contributed by atoms with Crippen LogP contribution in [0.1, 0.15) is 40.8 Å². The molecule has 1 amide bonds. The molecule has 4 heterocycles. The van der Waals surface area contributed by atoms with Crippen molar-refractivity contribution < 1.29 is 4.79 Å². The molecule has 7 nitrogen and oxygen atoms in total. The number of nitrogens with zero attached hydrogens (tertiary/aromatic N) is 3. The van der Waals surface area contributed by atoms with Gasteiger partial charge in [-0.25, -0.2) is 4.79 Å². The Morgan fingerprint density at radius 3 is 2.73 bits per heavy atom. The van der Waals surface area contributed by atoms with E-state index in [1.54, 1.807) is 11.1 Å². The highest BCUT2D eigenvalue weighted by molar-refractivity contribution is 7.18. The quantitative estimate of drug-likeness (QED) is 0.540. The van der Waals surface area contributed by atoms with Gasteiger partial charge in [0.25, 0.3) is 11.5 Å². The fourth-order valence-electron chi connectivity index (χ4n) is 4.09. The molecule has 0 atom stereocenters. The molecule has 0 bridgehead atoms. The van der Waals surface area contributed by atoms with Crippen LogP contribution in [-0.4, -0.2) is 31.9 Å². The molecular weight excluding hydrogens is 400 g/mol. The van der Waals surface area contributed by atoms with Crippen molar-refractivity contribution in [2.45, 2.75) is 32.9 Å². The molecule has 5 rings (SSSR count). The third-order valence-electron chi connectivity index (χ3n) is 5.58. The van der Waals surface area contributed by atoms with Crippen LogP contribution in [0, 0.1) is 0 Å². The zero-order chi connectivity index (χ0) is 21.0. The zero-order valence-electron chi connectivity index (χ0n) is 16.6. The minimum absolute atomic E-state index is 0.128. The van der Waals surface area contributed by atoms with Crippen LogP contribution in [0.25, 0.3) is 21.0 Å². The molecule has 1 N–H and O–H groups in total. The average Bonchev–Trinajstić information content (AvgIpc) is 3.09. The lowest BCUT2D eigenvalue weighted by Crippen LogP contribution is -2.37. The molecule has 4 aromatic rings. The predicted molar refractivity (Wildman–Crippen MR) is 117 cm³/mol.